The first-order valence-electron chi connectivity index (χ1n) is 7.77. The standard InChI is InChI=1S/C17H20N4O2/c1-13(22)21-10-6-15(14-4-2-3-5-16(14)21)19-17(23)7-9-20-11-8-18-12-20/h2-5,8,11-12,15H,6-7,9-10H2,1H3,(H,19,23). The molecule has 3 rings (SSSR count). The fraction of sp³-hybridized carbons (Fsp3) is 0.353. The van der Waals surface area contributed by atoms with Crippen molar-refractivity contribution in [3.8, 4) is 0 Å². The van der Waals surface area contributed by atoms with Crippen molar-refractivity contribution in [3.05, 3.63) is 48.5 Å². The molecule has 6 heteroatoms. The third kappa shape index (κ3) is 3.41. The Bertz CT molecular complexity index is 696. The van der Waals surface area contributed by atoms with Crippen molar-refractivity contribution in [3.63, 3.8) is 0 Å². The molecule has 1 aromatic carbocycles. The number of aryl methyl sites for hydroxylation is 1. The van der Waals surface area contributed by atoms with Gasteiger partial charge in [-0.05, 0) is 18.1 Å². The van der Waals surface area contributed by atoms with Gasteiger partial charge in [-0.25, -0.2) is 4.98 Å². The second-order valence-electron chi connectivity index (χ2n) is 5.69. The zero-order chi connectivity index (χ0) is 16.2. The topological polar surface area (TPSA) is 67.2 Å². The molecule has 0 fully saturated rings. The zero-order valence-electron chi connectivity index (χ0n) is 13.1. The molecule has 2 heterocycles. The van der Waals surface area contributed by atoms with Gasteiger partial charge in [-0.3, -0.25) is 9.59 Å². The van der Waals surface area contributed by atoms with Crippen LogP contribution in [0.15, 0.2) is 43.0 Å². The number of benzene rings is 1. The molecule has 120 valence electrons. The highest BCUT2D eigenvalue weighted by Crippen LogP contribution is 2.33. The number of hydrogen-bond donors (Lipinski definition) is 1. The van der Waals surface area contributed by atoms with Crippen LogP contribution in [0.1, 0.15) is 31.4 Å². The lowest BCUT2D eigenvalue weighted by molar-refractivity contribution is -0.122. The summed E-state index contributed by atoms with van der Waals surface area (Å²) >= 11 is 0. The summed E-state index contributed by atoms with van der Waals surface area (Å²) in [5.74, 6) is 0.0390. The highest BCUT2D eigenvalue weighted by atomic mass is 16.2. The summed E-state index contributed by atoms with van der Waals surface area (Å²) in [6.45, 7) is 2.80. The Labute approximate surface area is 135 Å². The highest BCUT2D eigenvalue weighted by molar-refractivity contribution is 5.93. The van der Waals surface area contributed by atoms with Gasteiger partial charge in [0.2, 0.25) is 11.8 Å². The number of nitrogens with zero attached hydrogens (tertiary/aromatic N) is 3. The third-order valence-corrected chi connectivity index (χ3v) is 4.12. The molecule has 1 aromatic heterocycles. The lowest BCUT2D eigenvalue weighted by Gasteiger charge is -2.34. The van der Waals surface area contributed by atoms with E-state index < -0.39 is 0 Å². The van der Waals surface area contributed by atoms with Gasteiger partial charge in [0.25, 0.3) is 0 Å². The van der Waals surface area contributed by atoms with Crippen molar-refractivity contribution in [2.24, 2.45) is 0 Å². The van der Waals surface area contributed by atoms with Gasteiger partial charge in [-0.15, -0.1) is 0 Å². The number of imidazole rings is 1. The molecule has 0 bridgehead atoms. The summed E-state index contributed by atoms with van der Waals surface area (Å²) in [5.41, 5.74) is 1.90. The Kier molecular flexibility index (Phi) is 4.41. The number of aromatic nitrogens is 2. The Hall–Kier alpha value is -2.63. The van der Waals surface area contributed by atoms with Crippen molar-refractivity contribution in [2.45, 2.75) is 32.4 Å². The number of fused-ring (bicyclic) bond motifs is 1. The predicted molar refractivity (Wildman–Crippen MR) is 86.8 cm³/mol. The van der Waals surface area contributed by atoms with Gasteiger partial charge in [0.15, 0.2) is 0 Å². The van der Waals surface area contributed by atoms with Crippen LogP contribution >= 0.6 is 0 Å². The summed E-state index contributed by atoms with van der Waals surface area (Å²) in [6.07, 6.45) is 6.38. The van der Waals surface area contributed by atoms with E-state index in [-0.39, 0.29) is 17.9 Å². The molecule has 1 N–H and O–H groups in total. The van der Waals surface area contributed by atoms with Crippen LogP contribution in [0.2, 0.25) is 0 Å². The molecule has 6 nitrogen and oxygen atoms in total. The quantitative estimate of drug-likeness (QED) is 0.937. The number of nitrogens with one attached hydrogen (secondary N) is 1. The van der Waals surface area contributed by atoms with Crippen LogP contribution in [0.4, 0.5) is 5.69 Å². The van der Waals surface area contributed by atoms with Crippen LogP contribution in [-0.2, 0) is 16.1 Å². The van der Waals surface area contributed by atoms with Gasteiger partial charge in [0.05, 0.1) is 12.4 Å². The van der Waals surface area contributed by atoms with Crippen molar-refractivity contribution < 1.29 is 9.59 Å². The van der Waals surface area contributed by atoms with Crippen molar-refractivity contribution >= 4 is 17.5 Å². The maximum absolute atomic E-state index is 12.2. The summed E-state index contributed by atoms with van der Waals surface area (Å²) in [4.78, 5) is 29.7. The Balaban J connectivity index is 1.67. The van der Waals surface area contributed by atoms with E-state index in [4.69, 9.17) is 0 Å². The zero-order valence-corrected chi connectivity index (χ0v) is 13.1. The molecule has 1 aliphatic rings. The fourth-order valence-corrected chi connectivity index (χ4v) is 2.96. The fourth-order valence-electron chi connectivity index (χ4n) is 2.96. The minimum absolute atomic E-state index is 0.00905. The minimum atomic E-state index is -0.0444. The molecule has 1 aliphatic heterocycles. The average Bonchev–Trinajstić information content (AvgIpc) is 3.06. The van der Waals surface area contributed by atoms with Gasteiger partial charge in [-0.1, -0.05) is 18.2 Å². The van der Waals surface area contributed by atoms with Crippen molar-refractivity contribution in [1.82, 2.24) is 14.9 Å². The second kappa shape index (κ2) is 6.64. The van der Waals surface area contributed by atoms with Crippen LogP contribution in [0.3, 0.4) is 0 Å². The van der Waals surface area contributed by atoms with E-state index in [1.54, 1.807) is 24.3 Å². The predicted octanol–water partition coefficient (Wildman–Crippen LogP) is 1.89. The average molecular weight is 312 g/mol. The molecule has 23 heavy (non-hydrogen) atoms. The number of carbonyl (C=O) groups excluding carboxylic acids is 2. The lowest BCUT2D eigenvalue weighted by atomic mass is 9.96. The normalized spacial score (nSPS) is 16.7. The number of hydrogen-bond acceptors (Lipinski definition) is 3. The first kappa shape index (κ1) is 15.3. The monoisotopic (exact) mass is 312 g/mol. The summed E-state index contributed by atoms with van der Waals surface area (Å²) < 4.78 is 1.88. The van der Waals surface area contributed by atoms with Gasteiger partial charge >= 0.3 is 0 Å². The molecule has 0 saturated heterocycles. The molecule has 0 radical (unpaired) electrons. The summed E-state index contributed by atoms with van der Waals surface area (Å²) in [7, 11) is 0. The summed E-state index contributed by atoms with van der Waals surface area (Å²) in [5, 5.41) is 3.09. The Morgan fingerprint density at radius 1 is 1.35 bits per heavy atom. The molecule has 2 aromatic rings. The molecule has 1 atom stereocenters. The number of anilines is 1. The van der Waals surface area contributed by atoms with E-state index in [0.29, 0.717) is 19.5 Å². The van der Waals surface area contributed by atoms with Crippen LogP contribution in [0, 0.1) is 0 Å². The highest BCUT2D eigenvalue weighted by Gasteiger charge is 2.27. The van der Waals surface area contributed by atoms with Gasteiger partial charge < -0.3 is 14.8 Å². The Morgan fingerprint density at radius 2 is 2.17 bits per heavy atom. The smallest absolute Gasteiger partial charge is 0.223 e. The van der Waals surface area contributed by atoms with E-state index in [1.165, 1.54) is 0 Å². The van der Waals surface area contributed by atoms with Crippen molar-refractivity contribution in [1.29, 1.82) is 0 Å². The molecule has 0 saturated carbocycles. The number of rotatable bonds is 4. The number of carbonyl (C=O) groups is 2. The van der Waals surface area contributed by atoms with Crippen LogP contribution < -0.4 is 10.2 Å². The van der Waals surface area contributed by atoms with E-state index in [9.17, 15) is 9.59 Å². The van der Waals surface area contributed by atoms with Crippen LogP contribution in [-0.4, -0.2) is 27.9 Å². The molecule has 2 amide bonds. The number of amides is 2. The Morgan fingerprint density at radius 3 is 2.91 bits per heavy atom. The minimum Gasteiger partial charge on any atom is -0.349 e. The molecule has 0 aliphatic carbocycles. The van der Waals surface area contributed by atoms with E-state index in [1.807, 2.05) is 35.0 Å². The van der Waals surface area contributed by atoms with Gasteiger partial charge in [0.1, 0.15) is 0 Å². The van der Waals surface area contributed by atoms with E-state index in [2.05, 4.69) is 10.3 Å². The van der Waals surface area contributed by atoms with Crippen LogP contribution in [0.5, 0.6) is 0 Å². The van der Waals surface area contributed by atoms with Crippen LogP contribution in [0.25, 0.3) is 0 Å². The largest absolute Gasteiger partial charge is 0.349 e. The lowest BCUT2D eigenvalue weighted by Crippen LogP contribution is -2.40. The van der Waals surface area contributed by atoms with E-state index in [0.717, 1.165) is 17.7 Å². The number of para-hydroxylation sites is 1. The maximum atomic E-state index is 12.2. The molecular formula is C17H20N4O2. The first-order valence-corrected chi connectivity index (χ1v) is 7.77. The van der Waals surface area contributed by atoms with Gasteiger partial charge in [0, 0.05) is 44.5 Å². The molecule has 0 spiro atoms. The molecule has 1 unspecified atom stereocenters. The first-order chi connectivity index (χ1) is 11.1. The summed E-state index contributed by atoms with van der Waals surface area (Å²) in [6, 6.07) is 7.72. The van der Waals surface area contributed by atoms with E-state index >= 15 is 0 Å². The van der Waals surface area contributed by atoms with Gasteiger partial charge in [-0.2, -0.15) is 0 Å². The SMILES string of the molecule is CC(=O)N1CCC(NC(=O)CCn2ccnc2)c2ccccc21. The van der Waals surface area contributed by atoms with Crippen molar-refractivity contribution in [2.75, 3.05) is 11.4 Å². The third-order valence-electron chi connectivity index (χ3n) is 4.12. The maximum Gasteiger partial charge on any atom is 0.223 e. The molecular weight excluding hydrogens is 292 g/mol. The second-order valence-corrected chi connectivity index (χ2v) is 5.69.